The zero-order valence-electron chi connectivity index (χ0n) is 13.3. The van der Waals surface area contributed by atoms with E-state index in [1.54, 1.807) is 6.20 Å². The molecule has 0 aliphatic carbocycles. The van der Waals surface area contributed by atoms with Crippen molar-refractivity contribution in [3.05, 3.63) is 35.9 Å². The number of carbonyl (C=O) groups excluding carboxylic acids is 1. The highest BCUT2D eigenvalue weighted by Gasteiger charge is 2.32. The summed E-state index contributed by atoms with van der Waals surface area (Å²) >= 11 is 0. The van der Waals surface area contributed by atoms with E-state index in [4.69, 9.17) is 0 Å². The minimum Gasteiger partial charge on any atom is -0.338 e. The first kappa shape index (κ1) is 14.8. The van der Waals surface area contributed by atoms with Gasteiger partial charge < -0.3 is 14.5 Å². The van der Waals surface area contributed by atoms with Gasteiger partial charge in [-0.15, -0.1) is 0 Å². The number of aromatic nitrogens is 4. The maximum atomic E-state index is 12.6. The van der Waals surface area contributed by atoms with Gasteiger partial charge in [0, 0.05) is 39.1 Å². The maximum absolute atomic E-state index is 12.6. The Balaban J connectivity index is 1.81. The molecule has 1 saturated heterocycles. The minimum absolute atomic E-state index is 0.00978. The summed E-state index contributed by atoms with van der Waals surface area (Å²) in [5, 5.41) is 0. The average molecular weight is 302 g/mol. The molecule has 7 nitrogen and oxygen atoms in total. The molecule has 22 heavy (non-hydrogen) atoms. The number of rotatable bonds is 3. The zero-order valence-corrected chi connectivity index (χ0v) is 13.3. The third kappa shape index (κ3) is 2.64. The molecule has 1 N–H and O–H groups in total. The Morgan fingerprint density at radius 2 is 2.23 bits per heavy atom. The fourth-order valence-corrected chi connectivity index (χ4v) is 3.03. The monoisotopic (exact) mass is 302 g/mol. The van der Waals surface area contributed by atoms with Crippen LogP contribution in [-0.4, -0.2) is 61.4 Å². The highest BCUT2D eigenvalue weighted by atomic mass is 16.2. The molecule has 2 aromatic heterocycles. The van der Waals surface area contributed by atoms with E-state index in [9.17, 15) is 4.79 Å². The van der Waals surface area contributed by atoms with Gasteiger partial charge in [0.25, 0.3) is 5.91 Å². The summed E-state index contributed by atoms with van der Waals surface area (Å²) in [7, 11) is 2.00. The number of aromatic amines is 1. The maximum Gasteiger partial charge on any atom is 0.272 e. The number of likely N-dealkylation sites (N-methyl/N-ethyl adjacent to an activating group) is 1. The number of aryl methyl sites for hydroxylation is 2. The summed E-state index contributed by atoms with van der Waals surface area (Å²) in [4.78, 5) is 28.5. The Bertz CT molecular complexity index is 661. The van der Waals surface area contributed by atoms with Crippen molar-refractivity contribution in [2.75, 3.05) is 26.2 Å². The summed E-state index contributed by atoms with van der Waals surface area (Å²) < 4.78 is 2.03. The standard InChI is InChI=1S/C15H22N6O/c1-4-20-7-8-21(15(22)12-9-17-11(2)18-12)10-13(20)14-16-5-6-19(14)3/h5-6,9,13H,4,7-8,10H2,1-3H3,(H,17,18)/t13-/m0/s1. The Morgan fingerprint density at radius 1 is 1.41 bits per heavy atom. The van der Waals surface area contributed by atoms with E-state index in [1.807, 2.05) is 35.8 Å². The molecule has 1 atom stereocenters. The van der Waals surface area contributed by atoms with Gasteiger partial charge >= 0.3 is 0 Å². The SMILES string of the molecule is CCN1CCN(C(=O)c2cnc(C)[nH]2)C[C@H]1c1nccn1C. The number of imidazole rings is 2. The molecule has 1 amide bonds. The smallest absolute Gasteiger partial charge is 0.272 e. The first-order valence-corrected chi connectivity index (χ1v) is 7.62. The lowest BCUT2D eigenvalue weighted by molar-refractivity contribution is 0.0468. The Kier molecular flexibility index (Phi) is 3.98. The third-order valence-corrected chi connectivity index (χ3v) is 4.27. The van der Waals surface area contributed by atoms with E-state index in [2.05, 4.69) is 26.8 Å². The van der Waals surface area contributed by atoms with Gasteiger partial charge in [0.05, 0.1) is 12.2 Å². The topological polar surface area (TPSA) is 70.1 Å². The van der Waals surface area contributed by atoms with Crippen LogP contribution in [0.1, 0.15) is 35.1 Å². The molecule has 0 radical (unpaired) electrons. The predicted molar refractivity (Wildman–Crippen MR) is 82.4 cm³/mol. The number of H-pyrrole nitrogens is 1. The zero-order chi connectivity index (χ0) is 15.7. The number of carbonyl (C=O) groups is 1. The summed E-state index contributed by atoms with van der Waals surface area (Å²) in [6.07, 6.45) is 5.37. The Morgan fingerprint density at radius 3 is 2.82 bits per heavy atom. The van der Waals surface area contributed by atoms with Gasteiger partial charge in [-0.25, -0.2) is 9.97 Å². The highest BCUT2D eigenvalue weighted by Crippen LogP contribution is 2.24. The van der Waals surface area contributed by atoms with Crippen molar-refractivity contribution in [3.63, 3.8) is 0 Å². The van der Waals surface area contributed by atoms with Crippen LogP contribution < -0.4 is 0 Å². The van der Waals surface area contributed by atoms with E-state index in [1.165, 1.54) is 0 Å². The molecule has 3 rings (SSSR count). The van der Waals surface area contributed by atoms with E-state index in [-0.39, 0.29) is 11.9 Å². The first-order valence-electron chi connectivity index (χ1n) is 7.62. The van der Waals surface area contributed by atoms with Crippen molar-refractivity contribution in [1.29, 1.82) is 0 Å². The van der Waals surface area contributed by atoms with Crippen molar-refractivity contribution >= 4 is 5.91 Å². The van der Waals surface area contributed by atoms with Crippen LogP contribution in [0.4, 0.5) is 0 Å². The lowest BCUT2D eigenvalue weighted by Crippen LogP contribution is -2.51. The fourth-order valence-electron chi connectivity index (χ4n) is 3.03. The molecule has 0 unspecified atom stereocenters. The molecule has 7 heteroatoms. The summed E-state index contributed by atoms with van der Waals surface area (Å²) in [6.45, 7) is 7.17. The minimum atomic E-state index is 0.00978. The van der Waals surface area contributed by atoms with E-state index < -0.39 is 0 Å². The summed E-state index contributed by atoms with van der Waals surface area (Å²) in [5.74, 6) is 1.77. The van der Waals surface area contributed by atoms with Crippen LogP contribution in [0.15, 0.2) is 18.6 Å². The van der Waals surface area contributed by atoms with Crippen LogP contribution >= 0.6 is 0 Å². The van der Waals surface area contributed by atoms with Crippen LogP contribution in [-0.2, 0) is 7.05 Å². The second-order valence-corrected chi connectivity index (χ2v) is 5.67. The van der Waals surface area contributed by atoms with Gasteiger partial charge in [0.15, 0.2) is 0 Å². The van der Waals surface area contributed by atoms with E-state index in [0.29, 0.717) is 12.2 Å². The van der Waals surface area contributed by atoms with Crippen LogP contribution in [0.2, 0.25) is 0 Å². The molecule has 0 bridgehead atoms. The number of nitrogens with one attached hydrogen (secondary N) is 1. The molecular formula is C15H22N6O. The van der Waals surface area contributed by atoms with Crippen LogP contribution in [0.25, 0.3) is 0 Å². The molecule has 0 saturated carbocycles. The van der Waals surface area contributed by atoms with E-state index >= 15 is 0 Å². The van der Waals surface area contributed by atoms with Crippen molar-refractivity contribution in [3.8, 4) is 0 Å². The summed E-state index contributed by atoms with van der Waals surface area (Å²) in [6, 6.07) is 0.131. The van der Waals surface area contributed by atoms with Crippen molar-refractivity contribution < 1.29 is 4.79 Å². The van der Waals surface area contributed by atoms with Crippen LogP contribution in [0.5, 0.6) is 0 Å². The van der Waals surface area contributed by atoms with Crippen LogP contribution in [0, 0.1) is 6.92 Å². The normalized spacial score (nSPS) is 19.6. The molecule has 0 aromatic carbocycles. The number of nitrogens with zero attached hydrogens (tertiary/aromatic N) is 5. The van der Waals surface area contributed by atoms with E-state index in [0.717, 1.165) is 31.3 Å². The predicted octanol–water partition coefficient (Wildman–Crippen LogP) is 0.971. The average Bonchev–Trinajstić information content (AvgIpc) is 3.14. The fraction of sp³-hybridized carbons (Fsp3) is 0.533. The molecule has 1 fully saturated rings. The third-order valence-electron chi connectivity index (χ3n) is 4.27. The molecule has 2 aromatic rings. The van der Waals surface area contributed by atoms with Gasteiger partial charge in [-0.1, -0.05) is 6.92 Å². The lowest BCUT2D eigenvalue weighted by atomic mass is 10.1. The summed E-state index contributed by atoms with van der Waals surface area (Å²) in [5.41, 5.74) is 0.557. The second kappa shape index (κ2) is 5.92. The van der Waals surface area contributed by atoms with Crippen molar-refractivity contribution in [2.45, 2.75) is 19.9 Å². The van der Waals surface area contributed by atoms with Gasteiger partial charge in [-0.05, 0) is 13.5 Å². The molecule has 118 valence electrons. The number of hydrogen-bond acceptors (Lipinski definition) is 4. The molecule has 0 spiro atoms. The van der Waals surface area contributed by atoms with Gasteiger partial charge in [0.2, 0.25) is 0 Å². The van der Waals surface area contributed by atoms with Crippen molar-refractivity contribution in [1.82, 2.24) is 29.3 Å². The van der Waals surface area contributed by atoms with Gasteiger partial charge in [-0.3, -0.25) is 9.69 Å². The van der Waals surface area contributed by atoms with Gasteiger partial charge in [0.1, 0.15) is 17.3 Å². The molecular weight excluding hydrogens is 280 g/mol. The van der Waals surface area contributed by atoms with Crippen molar-refractivity contribution in [2.24, 2.45) is 7.05 Å². The molecule has 1 aliphatic heterocycles. The molecule has 1 aliphatic rings. The quantitative estimate of drug-likeness (QED) is 0.917. The molecule has 3 heterocycles. The number of amides is 1. The largest absolute Gasteiger partial charge is 0.338 e. The number of hydrogen-bond donors (Lipinski definition) is 1. The highest BCUT2D eigenvalue weighted by molar-refractivity contribution is 5.92. The van der Waals surface area contributed by atoms with Gasteiger partial charge in [-0.2, -0.15) is 0 Å². The Hall–Kier alpha value is -2.15. The first-order chi connectivity index (χ1) is 10.6. The Labute approximate surface area is 130 Å². The van der Waals surface area contributed by atoms with Crippen LogP contribution in [0.3, 0.4) is 0 Å². The number of piperazine rings is 1. The second-order valence-electron chi connectivity index (χ2n) is 5.67. The lowest BCUT2D eigenvalue weighted by Gasteiger charge is -2.40.